The zero-order valence-corrected chi connectivity index (χ0v) is 17.6. The number of hydrazone groups is 1. The number of halogens is 1. The molecule has 0 atom stereocenters. The van der Waals surface area contributed by atoms with Gasteiger partial charge in [0.15, 0.2) is 18.1 Å². The number of anilines is 1. The Morgan fingerprint density at radius 1 is 1.03 bits per heavy atom. The van der Waals surface area contributed by atoms with Crippen molar-refractivity contribution in [3.63, 3.8) is 0 Å². The van der Waals surface area contributed by atoms with Crippen molar-refractivity contribution >= 4 is 23.7 Å². The normalized spacial score (nSPS) is 10.6. The summed E-state index contributed by atoms with van der Waals surface area (Å²) in [5.74, 6) is -0.665. The summed E-state index contributed by atoms with van der Waals surface area (Å²) in [4.78, 5) is 24.1. The molecule has 0 spiro atoms. The van der Waals surface area contributed by atoms with Crippen LogP contribution in [0.4, 0.5) is 10.1 Å². The van der Waals surface area contributed by atoms with Gasteiger partial charge < -0.3 is 14.8 Å². The van der Waals surface area contributed by atoms with E-state index in [1.807, 2.05) is 19.1 Å². The van der Waals surface area contributed by atoms with E-state index in [-0.39, 0.29) is 18.2 Å². The average molecular weight is 435 g/mol. The number of carbonyl (C=O) groups is 2. The number of aryl methyl sites for hydroxylation is 1. The van der Waals surface area contributed by atoms with E-state index in [1.165, 1.54) is 31.5 Å². The van der Waals surface area contributed by atoms with E-state index in [9.17, 15) is 14.0 Å². The summed E-state index contributed by atoms with van der Waals surface area (Å²) in [6, 6.07) is 17.9. The molecule has 164 valence electrons. The second-order valence-electron chi connectivity index (χ2n) is 6.79. The number of carbonyl (C=O) groups excluding carboxylic acids is 2. The molecule has 8 heteroatoms. The quantitative estimate of drug-likeness (QED) is 0.415. The van der Waals surface area contributed by atoms with E-state index in [4.69, 9.17) is 9.47 Å². The van der Waals surface area contributed by atoms with E-state index < -0.39 is 11.7 Å². The van der Waals surface area contributed by atoms with Crippen molar-refractivity contribution in [2.75, 3.05) is 19.0 Å². The highest BCUT2D eigenvalue weighted by Gasteiger charge is 2.10. The fourth-order valence-corrected chi connectivity index (χ4v) is 2.71. The number of benzene rings is 3. The molecule has 0 aromatic heterocycles. The molecule has 7 nitrogen and oxygen atoms in total. The maximum absolute atomic E-state index is 13.6. The molecule has 0 heterocycles. The number of hydrogen-bond acceptors (Lipinski definition) is 5. The first-order chi connectivity index (χ1) is 15.5. The van der Waals surface area contributed by atoms with Crippen LogP contribution in [0.2, 0.25) is 0 Å². The Morgan fingerprint density at radius 2 is 1.78 bits per heavy atom. The van der Waals surface area contributed by atoms with Crippen molar-refractivity contribution in [2.24, 2.45) is 5.10 Å². The Morgan fingerprint density at radius 3 is 2.50 bits per heavy atom. The largest absolute Gasteiger partial charge is 0.493 e. The summed E-state index contributed by atoms with van der Waals surface area (Å²) >= 11 is 0. The molecular weight excluding hydrogens is 413 g/mol. The van der Waals surface area contributed by atoms with Gasteiger partial charge in [0, 0.05) is 5.56 Å². The van der Waals surface area contributed by atoms with Crippen LogP contribution in [-0.2, 0) is 4.79 Å². The monoisotopic (exact) mass is 435 g/mol. The standard InChI is InChI=1S/C24H22FN3O4/c1-16-7-10-18(11-8-16)24(30)28-26-14-17-9-12-21(22(13-17)31-2)32-15-23(29)27-20-6-4-3-5-19(20)25/h3-14H,15H2,1-2H3,(H,27,29)(H,28,30)/b26-14+. The van der Waals surface area contributed by atoms with E-state index in [1.54, 1.807) is 36.4 Å². The smallest absolute Gasteiger partial charge is 0.271 e. The zero-order chi connectivity index (χ0) is 22.9. The number of nitrogens with one attached hydrogen (secondary N) is 2. The number of hydrogen-bond donors (Lipinski definition) is 2. The van der Waals surface area contributed by atoms with Crippen LogP contribution >= 0.6 is 0 Å². The Kier molecular flexibility index (Phi) is 7.53. The van der Waals surface area contributed by atoms with E-state index in [0.29, 0.717) is 22.6 Å². The third-order valence-corrected chi connectivity index (χ3v) is 4.39. The molecule has 0 saturated carbocycles. The van der Waals surface area contributed by atoms with Gasteiger partial charge >= 0.3 is 0 Å². The van der Waals surface area contributed by atoms with Gasteiger partial charge in [0.2, 0.25) is 0 Å². The van der Waals surface area contributed by atoms with Gasteiger partial charge in [-0.25, -0.2) is 9.82 Å². The lowest BCUT2D eigenvalue weighted by Gasteiger charge is -2.11. The van der Waals surface area contributed by atoms with E-state index >= 15 is 0 Å². The topological polar surface area (TPSA) is 89.0 Å². The molecule has 3 rings (SSSR count). The van der Waals surface area contributed by atoms with Crippen molar-refractivity contribution in [3.05, 3.63) is 89.2 Å². The average Bonchev–Trinajstić information content (AvgIpc) is 2.80. The van der Waals surface area contributed by atoms with Gasteiger partial charge in [-0.15, -0.1) is 0 Å². The van der Waals surface area contributed by atoms with Crippen LogP contribution < -0.4 is 20.2 Å². The van der Waals surface area contributed by atoms with Gasteiger partial charge in [0.1, 0.15) is 5.82 Å². The first-order valence-corrected chi connectivity index (χ1v) is 9.71. The Hall–Kier alpha value is -4.20. The number of nitrogens with zero attached hydrogens (tertiary/aromatic N) is 1. The zero-order valence-electron chi connectivity index (χ0n) is 17.6. The van der Waals surface area contributed by atoms with Crippen LogP contribution in [-0.4, -0.2) is 31.7 Å². The molecular formula is C24H22FN3O4. The highest BCUT2D eigenvalue weighted by atomic mass is 19.1. The van der Waals surface area contributed by atoms with Gasteiger partial charge in [0.05, 0.1) is 19.0 Å². The summed E-state index contributed by atoms with van der Waals surface area (Å²) in [5.41, 5.74) is 4.75. The molecule has 0 bridgehead atoms. The molecule has 3 aromatic rings. The summed E-state index contributed by atoms with van der Waals surface area (Å²) < 4.78 is 24.4. The lowest BCUT2D eigenvalue weighted by molar-refractivity contribution is -0.118. The predicted octanol–water partition coefficient (Wildman–Crippen LogP) is 3.92. The Labute approximate surface area is 184 Å². The van der Waals surface area contributed by atoms with Gasteiger partial charge in [-0.05, 0) is 55.0 Å². The summed E-state index contributed by atoms with van der Waals surface area (Å²) in [5, 5.41) is 6.40. The van der Waals surface area contributed by atoms with Crippen LogP contribution in [0.5, 0.6) is 11.5 Å². The van der Waals surface area contributed by atoms with Crippen LogP contribution in [0.25, 0.3) is 0 Å². The van der Waals surface area contributed by atoms with E-state index in [0.717, 1.165) is 5.56 Å². The maximum atomic E-state index is 13.6. The minimum Gasteiger partial charge on any atom is -0.493 e. The van der Waals surface area contributed by atoms with Gasteiger partial charge in [-0.1, -0.05) is 29.8 Å². The number of methoxy groups -OCH3 is 1. The van der Waals surface area contributed by atoms with Crippen LogP contribution in [0, 0.1) is 12.7 Å². The third kappa shape index (κ3) is 6.15. The SMILES string of the molecule is COc1cc(/C=N/NC(=O)c2ccc(C)cc2)ccc1OCC(=O)Nc1ccccc1F. The second kappa shape index (κ2) is 10.7. The van der Waals surface area contributed by atoms with Gasteiger partial charge in [-0.3, -0.25) is 9.59 Å². The molecule has 2 N–H and O–H groups in total. The minimum atomic E-state index is -0.531. The molecule has 0 saturated heterocycles. The lowest BCUT2D eigenvalue weighted by atomic mass is 10.1. The maximum Gasteiger partial charge on any atom is 0.271 e. The summed E-state index contributed by atoms with van der Waals surface area (Å²) in [6.45, 7) is 1.61. The lowest BCUT2D eigenvalue weighted by Crippen LogP contribution is -2.21. The van der Waals surface area contributed by atoms with Crippen LogP contribution in [0.3, 0.4) is 0 Å². The summed E-state index contributed by atoms with van der Waals surface area (Å²) in [7, 11) is 1.46. The van der Waals surface area contributed by atoms with Crippen molar-refractivity contribution in [2.45, 2.75) is 6.92 Å². The Balaban J connectivity index is 1.57. The predicted molar refractivity (Wildman–Crippen MR) is 120 cm³/mol. The summed E-state index contributed by atoms with van der Waals surface area (Å²) in [6.07, 6.45) is 1.46. The van der Waals surface area contributed by atoms with Crippen molar-refractivity contribution in [3.8, 4) is 11.5 Å². The highest BCUT2D eigenvalue weighted by Crippen LogP contribution is 2.27. The van der Waals surface area contributed by atoms with Crippen LogP contribution in [0.1, 0.15) is 21.5 Å². The van der Waals surface area contributed by atoms with Crippen molar-refractivity contribution in [1.29, 1.82) is 0 Å². The molecule has 0 unspecified atom stereocenters. The van der Waals surface area contributed by atoms with Crippen LogP contribution in [0.15, 0.2) is 71.8 Å². The number of ether oxygens (including phenoxy) is 2. The number of rotatable bonds is 8. The van der Waals surface area contributed by atoms with E-state index in [2.05, 4.69) is 15.8 Å². The molecule has 2 amide bonds. The molecule has 0 aliphatic heterocycles. The minimum absolute atomic E-state index is 0.0762. The molecule has 0 fully saturated rings. The number of para-hydroxylation sites is 1. The first-order valence-electron chi connectivity index (χ1n) is 9.71. The second-order valence-corrected chi connectivity index (χ2v) is 6.79. The molecule has 32 heavy (non-hydrogen) atoms. The molecule has 3 aromatic carbocycles. The Bertz CT molecular complexity index is 1130. The van der Waals surface area contributed by atoms with Gasteiger partial charge in [-0.2, -0.15) is 5.10 Å². The molecule has 0 aliphatic rings. The van der Waals surface area contributed by atoms with Crippen molar-refractivity contribution < 1.29 is 23.5 Å². The number of amides is 2. The molecule has 0 radical (unpaired) electrons. The highest BCUT2D eigenvalue weighted by molar-refractivity contribution is 5.95. The van der Waals surface area contributed by atoms with Gasteiger partial charge in [0.25, 0.3) is 11.8 Å². The third-order valence-electron chi connectivity index (χ3n) is 4.39. The molecule has 0 aliphatic carbocycles. The first kappa shape index (κ1) is 22.5. The fraction of sp³-hybridized carbons (Fsp3) is 0.125. The van der Waals surface area contributed by atoms with Crippen molar-refractivity contribution in [1.82, 2.24) is 5.43 Å². The fourth-order valence-electron chi connectivity index (χ4n) is 2.71.